The number of nitrogens with one attached hydrogen (secondary N) is 1. The molecule has 0 saturated heterocycles. The Morgan fingerprint density at radius 2 is 1.94 bits per heavy atom. The summed E-state index contributed by atoms with van der Waals surface area (Å²) in [5.74, 6) is 1.50. The second-order valence-corrected chi connectivity index (χ2v) is 9.06. The van der Waals surface area contributed by atoms with Crippen molar-refractivity contribution in [2.75, 3.05) is 39.7 Å². The topological polar surface area (TPSA) is 98.6 Å². The van der Waals surface area contributed by atoms with Crippen LogP contribution in [0, 0.1) is 5.92 Å². The van der Waals surface area contributed by atoms with Crippen LogP contribution in [0.2, 0.25) is 0 Å². The smallest absolute Gasteiger partial charge is 0.265 e. The van der Waals surface area contributed by atoms with E-state index in [-0.39, 0.29) is 22.6 Å². The molecular formula is C24H27N5O4. The van der Waals surface area contributed by atoms with Crippen molar-refractivity contribution < 1.29 is 14.3 Å². The van der Waals surface area contributed by atoms with Gasteiger partial charge in [0.05, 0.1) is 12.1 Å². The highest BCUT2D eigenvalue weighted by Gasteiger charge is 2.59. The number of anilines is 2. The quantitative estimate of drug-likeness (QED) is 0.528. The van der Waals surface area contributed by atoms with Crippen LogP contribution in [-0.2, 0) is 10.3 Å². The molecule has 0 radical (unpaired) electrons. The highest BCUT2D eigenvalue weighted by molar-refractivity contribution is 5.96. The van der Waals surface area contributed by atoms with Gasteiger partial charge >= 0.3 is 0 Å². The second-order valence-electron chi connectivity index (χ2n) is 9.06. The second kappa shape index (κ2) is 8.15. The van der Waals surface area contributed by atoms with Crippen LogP contribution in [0.4, 0.5) is 11.6 Å². The van der Waals surface area contributed by atoms with Crippen molar-refractivity contribution in [1.29, 1.82) is 0 Å². The Kier molecular flexibility index (Phi) is 5.28. The largest absolute Gasteiger partial charge is 0.491 e. The van der Waals surface area contributed by atoms with E-state index in [1.165, 1.54) is 4.90 Å². The van der Waals surface area contributed by atoms with Gasteiger partial charge in [-0.15, -0.1) is 0 Å². The summed E-state index contributed by atoms with van der Waals surface area (Å²) in [5, 5.41) is 3.88. The molecule has 1 aromatic carbocycles. The van der Waals surface area contributed by atoms with Gasteiger partial charge in [-0.3, -0.25) is 14.2 Å². The van der Waals surface area contributed by atoms with E-state index in [0.717, 1.165) is 30.7 Å². The molecule has 3 aliphatic rings. The van der Waals surface area contributed by atoms with Crippen LogP contribution in [0.15, 0.2) is 41.3 Å². The first-order chi connectivity index (χ1) is 15.9. The predicted octanol–water partition coefficient (Wildman–Crippen LogP) is 2.77. The molecule has 9 nitrogen and oxygen atoms in total. The molecule has 3 aromatic rings. The Bertz CT molecular complexity index is 1250. The maximum atomic E-state index is 13.4. The number of rotatable bonds is 8. The number of methoxy groups -OCH3 is 1. The SMILES string of the molecule is COCCOc1ccc(Nc2ncc3cc(C(=O)N(C)C)c(=O)n(C45CC(C4)C5)c3n2)cc1. The highest BCUT2D eigenvalue weighted by atomic mass is 16.5. The van der Waals surface area contributed by atoms with Gasteiger partial charge in [-0.2, -0.15) is 4.98 Å². The zero-order valence-corrected chi connectivity index (χ0v) is 19.0. The summed E-state index contributed by atoms with van der Waals surface area (Å²) in [5.41, 5.74) is 1.01. The number of amides is 1. The van der Waals surface area contributed by atoms with Crippen molar-refractivity contribution in [3.8, 4) is 5.75 Å². The standard InChI is InChI=1S/C24H27N5O4/c1-28(2)21(30)19-10-16-14-25-23(26-17-4-6-18(7-5-17)33-9-8-32-3)27-20(16)29(22(19)31)24-11-15(12-24)13-24/h4-7,10,14-15H,8-9,11-13H2,1-3H3,(H,25,26,27). The van der Waals surface area contributed by atoms with E-state index < -0.39 is 0 Å². The number of fused-ring (bicyclic) bond motifs is 1. The lowest BCUT2D eigenvalue weighted by Crippen LogP contribution is -2.62. The minimum Gasteiger partial charge on any atom is -0.491 e. The third-order valence-electron chi connectivity index (χ3n) is 6.52. The van der Waals surface area contributed by atoms with Gasteiger partial charge in [0.2, 0.25) is 5.95 Å². The van der Waals surface area contributed by atoms with Crippen LogP contribution in [0.1, 0.15) is 29.6 Å². The summed E-state index contributed by atoms with van der Waals surface area (Å²) < 4.78 is 12.3. The van der Waals surface area contributed by atoms with Crippen LogP contribution < -0.4 is 15.6 Å². The average molecular weight is 450 g/mol. The molecule has 1 amide bonds. The lowest BCUT2D eigenvalue weighted by molar-refractivity contribution is -0.0884. The zero-order chi connectivity index (χ0) is 23.2. The minimum atomic E-state index is -0.308. The fraction of sp³-hybridized carbons (Fsp3) is 0.417. The molecule has 33 heavy (non-hydrogen) atoms. The molecule has 3 fully saturated rings. The van der Waals surface area contributed by atoms with E-state index in [1.54, 1.807) is 38.0 Å². The van der Waals surface area contributed by atoms with Gasteiger partial charge in [0.1, 0.15) is 23.6 Å². The highest BCUT2D eigenvalue weighted by Crippen LogP contribution is 2.62. The van der Waals surface area contributed by atoms with Crippen molar-refractivity contribution in [2.45, 2.75) is 24.8 Å². The van der Waals surface area contributed by atoms with Crippen molar-refractivity contribution in [1.82, 2.24) is 19.4 Å². The molecule has 1 N–H and O–H groups in total. The molecule has 0 spiro atoms. The third kappa shape index (κ3) is 3.72. The number of carbonyl (C=O) groups excluding carboxylic acids is 1. The number of hydrogen-bond acceptors (Lipinski definition) is 7. The van der Waals surface area contributed by atoms with E-state index in [1.807, 2.05) is 24.3 Å². The van der Waals surface area contributed by atoms with E-state index >= 15 is 0 Å². The van der Waals surface area contributed by atoms with Crippen LogP contribution in [-0.4, -0.2) is 59.8 Å². The predicted molar refractivity (Wildman–Crippen MR) is 124 cm³/mol. The molecule has 0 unspecified atom stereocenters. The molecule has 3 aliphatic carbocycles. The van der Waals surface area contributed by atoms with Crippen LogP contribution in [0.5, 0.6) is 5.75 Å². The molecule has 172 valence electrons. The lowest BCUT2D eigenvalue weighted by Gasteiger charge is -2.62. The average Bonchev–Trinajstić information content (AvgIpc) is 2.74. The minimum absolute atomic E-state index is 0.158. The Morgan fingerprint density at radius 1 is 1.21 bits per heavy atom. The number of hydrogen-bond donors (Lipinski definition) is 1. The number of ether oxygens (including phenoxy) is 2. The maximum Gasteiger partial charge on any atom is 0.265 e. The van der Waals surface area contributed by atoms with Gasteiger partial charge in [-0.1, -0.05) is 0 Å². The summed E-state index contributed by atoms with van der Waals surface area (Å²) >= 11 is 0. The summed E-state index contributed by atoms with van der Waals surface area (Å²) in [6.07, 6.45) is 4.54. The first kappa shape index (κ1) is 21.4. The zero-order valence-electron chi connectivity index (χ0n) is 19.0. The van der Waals surface area contributed by atoms with Gasteiger partial charge in [-0.25, -0.2) is 4.98 Å². The number of benzene rings is 1. The maximum absolute atomic E-state index is 13.4. The summed E-state index contributed by atoms with van der Waals surface area (Å²) in [6.45, 7) is 1.01. The monoisotopic (exact) mass is 449 g/mol. The fourth-order valence-electron chi connectivity index (χ4n) is 4.70. The number of pyridine rings is 1. The van der Waals surface area contributed by atoms with Gasteiger partial charge in [-0.05, 0) is 55.5 Å². The first-order valence-electron chi connectivity index (χ1n) is 11.0. The van der Waals surface area contributed by atoms with Gasteiger partial charge in [0, 0.05) is 38.5 Å². The number of aromatic nitrogens is 3. The van der Waals surface area contributed by atoms with Crippen molar-refractivity contribution >= 4 is 28.6 Å². The van der Waals surface area contributed by atoms with E-state index in [4.69, 9.17) is 14.5 Å². The fourth-order valence-corrected chi connectivity index (χ4v) is 4.70. The van der Waals surface area contributed by atoms with Gasteiger partial charge in [0.15, 0.2) is 0 Å². The third-order valence-corrected chi connectivity index (χ3v) is 6.52. The molecule has 9 heteroatoms. The van der Waals surface area contributed by atoms with Gasteiger partial charge < -0.3 is 19.7 Å². The first-order valence-corrected chi connectivity index (χ1v) is 11.0. The lowest BCUT2D eigenvalue weighted by atomic mass is 9.49. The Hall–Kier alpha value is -3.46. The molecule has 2 aromatic heterocycles. The van der Waals surface area contributed by atoms with Crippen molar-refractivity contribution in [2.24, 2.45) is 5.92 Å². The van der Waals surface area contributed by atoms with Gasteiger partial charge in [0.25, 0.3) is 11.5 Å². The van der Waals surface area contributed by atoms with Crippen LogP contribution in [0.3, 0.4) is 0 Å². The normalized spacial score (nSPS) is 20.6. The number of nitrogens with zero attached hydrogens (tertiary/aromatic N) is 4. The Labute approximate surface area is 191 Å². The molecule has 0 aliphatic heterocycles. The van der Waals surface area contributed by atoms with Crippen molar-refractivity contribution in [3.05, 3.63) is 52.4 Å². The molecule has 2 bridgehead atoms. The van der Waals surface area contributed by atoms with E-state index in [2.05, 4.69) is 10.3 Å². The van der Waals surface area contributed by atoms with E-state index in [9.17, 15) is 9.59 Å². The molecule has 3 saturated carbocycles. The Balaban J connectivity index is 1.48. The number of carbonyl (C=O) groups is 1. The Morgan fingerprint density at radius 3 is 2.55 bits per heavy atom. The van der Waals surface area contributed by atoms with E-state index in [0.29, 0.717) is 36.1 Å². The summed E-state index contributed by atoms with van der Waals surface area (Å²) in [4.78, 5) is 36.6. The summed E-state index contributed by atoms with van der Waals surface area (Å²) in [7, 11) is 4.93. The molecule has 0 atom stereocenters. The summed E-state index contributed by atoms with van der Waals surface area (Å²) in [6, 6.07) is 9.08. The van der Waals surface area contributed by atoms with Crippen LogP contribution >= 0.6 is 0 Å². The molecular weight excluding hydrogens is 422 g/mol. The molecule has 2 heterocycles. The molecule has 6 rings (SSSR count). The van der Waals surface area contributed by atoms with Crippen molar-refractivity contribution in [3.63, 3.8) is 0 Å². The van der Waals surface area contributed by atoms with Crippen LogP contribution in [0.25, 0.3) is 11.0 Å².